The van der Waals surface area contributed by atoms with Crippen molar-refractivity contribution in [3.8, 4) is 0 Å². The molecule has 5 amide bonds. The Kier molecular flexibility index (Phi) is 15.9. The van der Waals surface area contributed by atoms with Crippen LogP contribution in [0.3, 0.4) is 0 Å². The fourth-order valence-electron chi connectivity index (χ4n) is 3.24. The van der Waals surface area contributed by atoms with Gasteiger partial charge in [0.15, 0.2) is 0 Å². The molecule has 12 nitrogen and oxygen atoms in total. The van der Waals surface area contributed by atoms with Crippen LogP contribution in [0.1, 0.15) is 32.3 Å². The van der Waals surface area contributed by atoms with Crippen LogP contribution < -0.4 is 32.7 Å². The van der Waals surface area contributed by atoms with E-state index < -0.39 is 54.2 Å². The molecule has 14 heteroatoms. The number of rotatable bonds is 17. The lowest BCUT2D eigenvalue weighted by Gasteiger charge is -2.24. The first-order chi connectivity index (χ1) is 18.4. The van der Waals surface area contributed by atoms with Crippen molar-refractivity contribution < 1.29 is 28.8 Å². The lowest BCUT2D eigenvalue weighted by atomic mass is 10.0. The molecule has 0 bridgehead atoms. The van der Waals surface area contributed by atoms with Crippen molar-refractivity contribution in [1.29, 1.82) is 0 Å². The summed E-state index contributed by atoms with van der Waals surface area (Å²) in [5, 5.41) is 9.73. The number of nitrogens with one attached hydrogen (secondary N) is 4. The van der Waals surface area contributed by atoms with Gasteiger partial charge in [-0.3, -0.25) is 28.8 Å². The van der Waals surface area contributed by atoms with E-state index in [4.69, 9.17) is 11.5 Å². The first kappa shape index (κ1) is 33.9. The molecule has 8 N–H and O–H groups in total. The van der Waals surface area contributed by atoms with Crippen molar-refractivity contribution in [2.75, 3.05) is 24.6 Å². The van der Waals surface area contributed by atoms with E-state index in [-0.39, 0.29) is 41.9 Å². The summed E-state index contributed by atoms with van der Waals surface area (Å²) in [7, 11) is 0. The van der Waals surface area contributed by atoms with Gasteiger partial charge in [-0.2, -0.15) is 12.6 Å². The molecular weight excluding hydrogens is 544 g/mol. The third-order valence-electron chi connectivity index (χ3n) is 5.24. The molecule has 1 aromatic carbocycles. The highest BCUT2D eigenvalue weighted by Gasteiger charge is 2.28. The molecule has 3 atom stereocenters. The molecule has 0 saturated heterocycles. The van der Waals surface area contributed by atoms with Gasteiger partial charge >= 0.3 is 0 Å². The molecule has 39 heavy (non-hydrogen) atoms. The average Bonchev–Trinajstić information content (AvgIpc) is 2.89. The van der Waals surface area contributed by atoms with Gasteiger partial charge in [-0.05, 0) is 17.9 Å². The molecule has 0 aliphatic rings. The second-order valence-corrected chi connectivity index (χ2v) is 10.6. The topological polar surface area (TPSA) is 203 Å². The molecule has 0 radical (unpaired) electrons. The van der Waals surface area contributed by atoms with Crippen molar-refractivity contribution in [2.24, 2.45) is 17.4 Å². The summed E-state index contributed by atoms with van der Waals surface area (Å²) < 4.78 is 0. The second-order valence-electron chi connectivity index (χ2n) is 9.17. The molecule has 0 aliphatic carbocycles. The number of amides is 5. The van der Waals surface area contributed by atoms with Crippen LogP contribution in [0, 0.1) is 5.92 Å². The van der Waals surface area contributed by atoms with E-state index in [1.54, 1.807) is 24.3 Å². The average molecular weight is 583 g/mol. The van der Waals surface area contributed by atoms with Gasteiger partial charge in [0.2, 0.25) is 34.7 Å². The van der Waals surface area contributed by atoms with Crippen molar-refractivity contribution in [3.05, 3.63) is 35.9 Å². The summed E-state index contributed by atoms with van der Waals surface area (Å²) >= 11 is 4.83. The predicted molar refractivity (Wildman–Crippen MR) is 153 cm³/mol. The lowest BCUT2D eigenvalue weighted by molar-refractivity contribution is -0.131. The minimum absolute atomic E-state index is 0.0306. The third kappa shape index (κ3) is 14.6. The number of carbonyl (C=O) groups excluding carboxylic acids is 6. The summed E-state index contributed by atoms with van der Waals surface area (Å²) in [4.78, 5) is 73.3. The second kappa shape index (κ2) is 18.2. The van der Waals surface area contributed by atoms with Crippen LogP contribution in [0.2, 0.25) is 0 Å². The Hall–Kier alpha value is -3.10. The van der Waals surface area contributed by atoms with Gasteiger partial charge in [0.05, 0.1) is 25.2 Å². The fourth-order valence-corrected chi connectivity index (χ4v) is 4.26. The summed E-state index contributed by atoms with van der Waals surface area (Å²) in [5.74, 6) is -2.52. The van der Waals surface area contributed by atoms with E-state index in [1.807, 2.05) is 19.9 Å². The van der Waals surface area contributed by atoms with Crippen LogP contribution >= 0.6 is 24.4 Å². The van der Waals surface area contributed by atoms with Crippen molar-refractivity contribution >= 4 is 59.0 Å². The maximum absolute atomic E-state index is 13.3. The monoisotopic (exact) mass is 582 g/mol. The highest BCUT2D eigenvalue weighted by atomic mass is 32.2. The molecule has 0 aromatic heterocycles. The Morgan fingerprint density at radius 2 is 1.54 bits per heavy atom. The smallest absolute Gasteiger partial charge is 0.243 e. The highest BCUT2D eigenvalue weighted by Crippen LogP contribution is 2.15. The molecule has 0 saturated carbocycles. The van der Waals surface area contributed by atoms with Crippen LogP contribution in [0.4, 0.5) is 0 Å². The van der Waals surface area contributed by atoms with Gasteiger partial charge < -0.3 is 32.7 Å². The maximum Gasteiger partial charge on any atom is 0.243 e. The molecule has 1 rings (SSSR count). The van der Waals surface area contributed by atoms with Crippen molar-refractivity contribution in [1.82, 2.24) is 21.3 Å². The lowest BCUT2D eigenvalue weighted by Crippen LogP contribution is -2.54. The maximum atomic E-state index is 13.3. The molecular formula is C25H38N6O6S2. The third-order valence-corrected chi connectivity index (χ3v) is 6.61. The summed E-state index contributed by atoms with van der Waals surface area (Å²) in [6.45, 7) is 2.99. The number of thiol groups is 1. The Bertz CT molecular complexity index is 995. The Morgan fingerprint density at radius 1 is 0.897 bits per heavy atom. The molecule has 0 unspecified atom stereocenters. The Balaban J connectivity index is 2.85. The van der Waals surface area contributed by atoms with Crippen molar-refractivity contribution in [3.63, 3.8) is 0 Å². The fraction of sp³-hybridized carbons (Fsp3) is 0.520. The van der Waals surface area contributed by atoms with Gasteiger partial charge in [0, 0.05) is 24.3 Å². The van der Waals surface area contributed by atoms with Crippen LogP contribution in [-0.2, 0) is 35.2 Å². The molecule has 0 aliphatic heterocycles. The van der Waals surface area contributed by atoms with E-state index in [0.29, 0.717) is 6.42 Å². The normalized spacial score (nSPS) is 13.1. The Morgan fingerprint density at radius 3 is 2.13 bits per heavy atom. The number of carbonyl (C=O) groups is 6. The molecule has 0 heterocycles. The van der Waals surface area contributed by atoms with E-state index in [9.17, 15) is 28.8 Å². The first-order valence-corrected chi connectivity index (χ1v) is 14.0. The minimum Gasteiger partial charge on any atom is -0.370 e. The summed E-state index contributed by atoms with van der Waals surface area (Å²) in [6, 6.07) is 6.25. The number of nitrogens with two attached hydrogens (primary N) is 2. The number of thioether (sulfide) groups is 1. The number of hydrogen-bond acceptors (Lipinski definition) is 9. The van der Waals surface area contributed by atoms with E-state index in [2.05, 4.69) is 33.9 Å². The molecule has 0 spiro atoms. The minimum atomic E-state index is -1.04. The first-order valence-electron chi connectivity index (χ1n) is 12.4. The standard InChI is InChI=1S/C25H38N6O6S2/c1-15(2)10-19(25(37)39-9-8-20(27)32)31-24(36)18(11-16-6-4-3-5-7-16)30-22(34)13-28-21(33)12-29-23(35)17(26)14-38/h3-7,15,17-19,38H,8-14,26H2,1-2H3,(H2,27,32)(H,28,33)(H,29,35)(H,30,34)(H,31,36)/t17-,18-,19-/m0/s1. The molecule has 1 aromatic rings. The summed E-state index contributed by atoms with van der Waals surface area (Å²) in [5.41, 5.74) is 11.4. The van der Waals surface area contributed by atoms with Crippen LogP contribution in [-0.4, -0.2) is 77.4 Å². The highest BCUT2D eigenvalue weighted by molar-refractivity contribution is 8.13. The summed E-state index contributed by atoms with van der Waals surface area (Å²) in [6.07, 6.45) is 0.531. The zero-order chi connectivity index (χ0) is 29.4. The SMILES string of the molecule is CC(C)C[C@H](NC(=O)[C@H](Cc1ccccc1)NC(=O)CNC(=O)CNC(=O)[C@@H](N)CS)C(=O)SCCC(N)=O. The van der Waals surface area contributed by atoms with Gasteiger partial charge in [-0.15, -0.1) is 0 Å². The van der Waals surface area contributed by atoms with E-state index >= 15 is 0 Å². The number of hydrogen-bond donors (Lipinski definition) is 7. The van der Waals surface area contributed by atoms with E-state index in [0.717, 1.165) is 17.3 Å². The quantitative estimate of drug-likeness (QED) is 0.112. The Labute approximate surface area is 237 Å². The van der Waals surface area contributed by atoms with Crippen LogP contribution in [0.5, 0.6) is 0 Å². The molecule has 0 fully saturated rings. The predicted octanol–water partition coefficient (Wildman–Crippen LogP) is -1.13. The van der Waals surface area contributed by atoms with Crippen LogP contribution in [0.25, 0.3) is 0 Å². The molecule has 216 valence electrons. The van der Waals surface area contributed by atoms with Gasteiger partial charge in [0.1, 0.15) is 6.04 Å². The number of primary amides is 1. The zero-order valence-electron chi connectivity index (χ0n) is 22.1. The van der Waals surface area contributed by atoms with Crippen molar-refractivity contribution in [2.45, 2.75) is 51.2 Å². The zero-order valence-corrected chi connectivity index (χ0v) is 23.8. The van der Waals surface area contributed by atoms with Gasteiger partial charge in [-0.25, -0.2) is 0 Å². The van der Waals surface area contributed by atoms with E-state index in [1.165, 1.54) is 0 Å². The largest absolute Gasteiger partial charge is 0.370 e. The van der Waals surface area contributed by atoms with Crippen LogP contribution in [0.15, 0.2) is 30.3 Å². The van der Waals surface area contributed by atoms with Gasteiger partial charge in [0.25, 0.3) is 0 Å². The number of benzene rings is 1. The van der Waals surface area contributed by atoms with Gasteiger partial charge in [-0.1, -0.05) is 55.9 Å².